The standard InChI is InChI=1S/C22H22N4O6S/c1-26-19(13-5-8-15(30-2)9-6-13)24-25-22(26)33-12-18(27)23-17-11-14(20(28)31-3)7-10-16(17)21(29)32-4/h5-11H,12H2,1-4H3,(H,23,27). The van der Waals surface area contributed by atoms with E-state index in [-0.39, 0.29) is 22.6 Å². The van der Waals surface area contributed by atoms with Crippen molar-refractivity contribution in [2.45, 2.75) is 5.16 Å². The molecule has 0 atom stereocenters. The molecule has 1 N–H and O–H groups in total. The van der Waals surface area contributed by atoms with Crippen LogP contribution in [-0.4, -0.2) is 59.7 Å². The van der Waals surface area contributed by atoms with Crippen LogP contribution >= 0.6 is 11.8 Å². The molecule has 0 bridgehead atoms. The fourth-order valence-corrected chi connectivity index (χ4v) is 3.64. The lowest BCUT2D eigenvalue weighted by Crippen LogP contribution is -2.18. The normalized spacial score (nSPS) is 10.4. The summed E-state index contributed by atoms with van der Waals surface area (Å²) < 4.78 is 16.4. The third-order valence-corrected chi connectivity index (χ3v) is 5.66. The van der Waals surface area contributed by atoms with Gasteiger partial charge in [0.2, 0.25) is 5.91 Å². The number of esters is 2. The van der Waals surface area contributed by atoms with Crippen LogP contribution < -0.4 is 10.1 Å². The van der Waals surface area contributed by atoms with Crippen LogP contribution in [0, 0.1) is 0 Å². The zero-order valence-electron chi connectivity index (χ0n) is 18.4. The Balaban J connectivity index is 1.72. The van der Waals surface area contributed by atoms with Gasteiger partial charge in [-0.3, -0.25) is 4.79 Å². The van der Waals surface area contributed by atoms with Gasteiger partial charge in [0.15, 0.2) is 11.0 Å². The van der Waals surface area contributed by atoms with Crippen molar-refractivity contribution < 1.29 is 28.6 Å². The van der Waals surface area contributed by atoms with E-state index in [0.717, 1.165) is 11.3 Å². The second-order valence-electron chi connectivity index (χ2n) is 6.67. The molecule has 0 aliphatic heterocycles. The maximum Gasteiger partial charge on any atom is 0.339 e. The number of carbonyl (C=O) groups is 3. The maximum atomic E-state index is 12.6. The van der Waals surface area contributed by atoms with E-state index in [0.29, 0.717) is 11.0 Å². The number of aromatic nitrogens is 3. The molecule has 0 spiro atoms. The predicted octanol–water partition coefficient (Wildman–Crippen LogP) is 2.79. The molecule has 0 saturated heterocycles. The number of hydrogen-bond acceptors (Lipinski definition) is 9. The Kier molecular flexibility index (Phi) is 7.67. The van der Waals surface area contributed by atoms with Gasteiger partial charge in [0.05, 0.1) is 43.9 Å². The van der Waals surface area contributed by atoms with Crippen LogP contribution in [0.4, 0.5) is 5.69 Å². The molecule has 33 heavy (non-hydrogen) atoms. The fraction of sp³-hybridized carbons (Fsp3) is 0.227. The molecule has 2 aromatic carbocycles. The van der Waals surface area contributed by atoms with Gasteiger partial charge in [0.1, 0.15) is 5.75 Å². The van der Waals surface area contributed by atoms with Crippen LogP contribution in [0.1, 0.15) is 20.7 Å². The molecular formula is C22H22N4O6S. The number of nitrogens with zero attached hydrogens (tertiary/aromatic N) is 3. The first kappa shape index (κ1) is 23.8. The van der Waals surface area contributed by atoms with Gasteiger partial charge in [0.25, 0.3) is 0 Å². The van der Waals surface area contributed by atoms with E-state index in [1.165, 1.54) is 44.2 Å². The maximum absolute atomic E-state index is 12.6. The monoisotopic (exact) mass is 470 g/mol. The Morgan fingerprint density at radius 2 is 1.67 bits per heavy atom. The van der Waals surface area contributed by atoms with E-state index in [4.69, 9.17) is 14.2 Å². The number of hydrogen-bond donors (Lipinski definition) is 1. The summed E-state index contributed by atoms with van der Waals surface area (Å²) in [5, 5.41) is 11.5. The van der Waals surface area contributed by atoms with Gasteiger partial charge >= 0.3 is 11.9 Å². The summed E-state index contributed by atoms with van der Waals surface area (Å²) in [5.41, 5.74) is 1.30. The highest BCUT2D eigenvalue weighted by Crippen LogP contribution is 2.25. The number of amides is 1. The molecule has 3 rings (SSSR count). The summed E-state index contributed by atoms with van der Waals surface area (Å²) in [6, 6.07) is 11.6. The third-order valence-electron chi connectivity index (χ3n) is 4.64. The number of ether oxygens (including phenoxy) is 3. The van der Waals surface area contributed by atoms with Gasteiger partial charge in [-0.25, -0.2) is 9.59 Å². The largest absolute Gasteiger partial charge is 0.497 e. The summed E-state index contributed by atoms with van der Waals surface area (Å²) in [7, 11) is 5.87. The van der Waals surface area contributed by atoms with Crippen molar-refractivity contribution in [2.75, 3.05) is 32.4 Å². The number of carbonyl (C=O) groups excluding carboxylic acids is 3. The fourth-order valence-electron chi connectivity index (χ4n) is 2.93. The van der Waals surface area contributed by atoms with Gasteiger partial charge in [-0.15, -0.1) is 10.2 Å². The molecule has 0 aliphatic carbocycles. The van der Waals surface area contributed by atoms with Gasteiger partial charge in [-0.1, -0.05) is 11.8 Å². The second-order valence-corrected chi connectivity index (χ2v) is 7.62. The summed E-state index contributed by atoms with van der Waals surface area (Å²) in [6.07, 6.45) is 0. The predicted molar refractivity (Wildman–Crippen MR) is 121 cm³/mol. The molecule has 1 heterocycles. The average molecular weight is 471 g/mol. The highest BCUT2D eigenvalue weighted by Gasteiger charge is 2.18. The Labute approximate surface area is 194 Å². The Morgan fingerprint density at radius 1 is 0.970 bits per heavy atom. The molecule has 0 unspecified atom stereocenters. The lowest BCUT2D eigenvalue weighted by molar-refractivity contribution is -0.113. The minimum absolute atomic E-state index is 0.00233. The van der Waals surface area contributed by atoms with Crippen molar-refractivity contribution in [1.29, 1.82) is 0 Å². The van der Waals surface area contributed by atoms with Crippen LogP contribution in [0.15, 0.2) is 47.6 Å². The van der Waals surface area contributed by atoms with Crippen molar-refractivity contribution >= 4 is 35.3 Å². The van der Waals surface area contributed by atoms with E-state index < -0.39 is 17.8 Å². The minimum atomic E-state index is -0.646. The number of benzene rings is 2. The summed E-state index contributed by atoms with van der Waals surface area (Å²) in [6.45, 7) is 0. The summed E-state index contributed by atoms with van der Waals surface area (Å²) >= 11 is 1.18. The Morgan fingerprint density at radius 3 is 2.30 bits per heavy atom. The quantitative estimate of drug-likeness (QED) is 0.391. The van der Waals surface area contributed by atoms with E-state index in [1.54, 1.807) is 18.7 Å². The lowest BCUT2D eigenvalue weighted by atomic mass is 10.1. The zero-order valence-corrected chi connectivity index (χ0v) is 19.3. The van der Waals surface area contributed by atoms with Gasteiger partial charge in [0, 0.05) is 12.6 Å². The van der Waals surface area contributed by atoms with Crippen molar-refractivity contribution in [2.24, 2.45) is 7.05 Å². The summed E-state index contributed by atoms with van der Waals surface area (Å²) in [5.74, 6) is -0.277. The highest BCUT2D eigenvalue weighted by molar-refractivity contribution is 7.99. The van der Waals surface area contributed by atoms with E-state index in [2.05, 4.69) is 15.5 Å². The van der Waals surface area contributed by atoms with Crippen LogP contribution in [0.3, 0.4) is 0 Å². The van der Waals surface area contributed by atoms with Gasteiger partial charge in [-0.2, -0.15) is 0 Å². The van der Waals surface area contributed by atoms with E-state index in [1.807, 2.05) is 24.3 Å². The molecule has 11 heteroatoms. The SMILES string of the molecule is COC(=O)c1ccc(C(=O)OC)c(NC(=O)CSc2nnc(-c3ccc(OC)cc3)n2C)c1. The molecule has 172 valence electrons. The highest BCUT2D eigenvalue weighted by atomic mass is 32.2. The molecule has 0 aliphatic rings. The first-order chi connectivity index (χ1) is 15.9. The lowest BCUT2D eigenvalue weighted by Gasteiger charge is -2.11. The Hall–Kier alpha value is -3.86. The summed E-state index contributed by atoms with van der Waals surface area (Å²) in [4.78, 5) is 36.5. The van der Waals surface area contributed by atoms with Crippen LogP contribution in [0.5, 0.6) is 5.75 Å². The van der Waals surface area contributed by atoms with Crippen molar-refractivity contribution in [1.82, 2.24) is 14.8 Å². The smallest absolute Gasteiger partial charge is 0.339 e. The van der Waals surface area contributed by atoms with Gasteiger partial charge < -0.3 is 24.1 Å². The van der Waals surface area contributed by atoms with Crippen molar-refractivity contribution in [3.8, 4) is 17.1 Å². The van der Waals surface area contributed by atoms with Gasteiger partial charge in [-0.05, 0) is 42.5 Å². The first-order valence-corrected chi connectivity index (χ1v) is 10.6. The van der Waals surface area contributed by atoms with Crippen LogP contribution in [-0.2, 0) is 21.3 Å². The average Bonchev–Trinajstić information content (AvgIpc) is 3.21. The number of nitrogens with one attached hydrogen (secondary N) is 1. The van der Waals surface area contributed by atoms with E-state index >= 15 is 0 Å². The molecular weight excluding hydrogens is 448 g/mol. The molecule has 1 aromatic heterocycles. The molecule has 10 nitrogen and oxygen atoms in total. The molecule has 0 radical (unpaired) electrons. The van der Waals surface area contributed by atoms with E-state index in [9.17, 15) is 14.4 Å². The molecule has 3 aromatic rings. The molecule has 0 fully saturated rings. The minimum Gasteiger partial charge on any atom is -0.497 e. The molecule has 0 saturated carbocycles. The zero-order chi connectivity index (χ0) is 24.0. The van der Waals surface area contributed by atoms with Crippen molar-refractivity contribution in [3.63, 3.8) is 0 Å². The molecule has 1 amide bonds. The number of thioether (sulfide) groups is 1. The number of methoxy groups -OCH3 is 3. The topological polar surface area (TPSA) is 122 Å². The third kappa shape index (κ3) is 5.50. The second kappa shape index (κ2) is 10.6. The first-order valence-electron chi connectivity index (χ1n) is 9.65. The van der Waals surface area contributed by atoms with Crippen LogP contribution in [0.25, 0.3) is 11.4 Å². The number of rotatable bonds is 8. The Bertz CT molecular complexity index is 1180. The van der Waals surface area contributed by atoms with Crippen LogP contribution in [0.2, 0.25) is 0 Å². The number of anilines is 1. The van der Waals surface area contributed by atoms with Crippen molar-refractivity contribution in [3.05, 3.63) is 53.6 Å².